The highest BCUT2D eigenvalue weighted by Gasteiger charge is 2.28. The van der Waals surface area contributed by atoms with Crippen LogP contribution in [0.15, 0.2) is 53.4 Å². The minimum absolute atomic E-state index is 0.138. The zero-order valence-corrected chi connectivity index (χ0v) is 21.6. The molecule has 1 heterocycles. The van der Waals surface area contributed by atoms with Gasteiger partial charge in [-0.15, -0.1) is 0 Å². The molecule has 186 valence electrons. The number of guanidine groups is 1. The maximum atomic E-state index is 11.6. The topological polar surface area (TPSA) is 99.7 Å². The Morgan fingerprint density at radius 3 is 2.38 bits per heavy atom. The first kappa shape index (κ1) is 26.0. The quantitative estimate of drug-likeness (QED) is 0.430. The van der Waals surface area contributed by atoms with Gasteiger partial charge in [-0.2, -0.15) is 0 Å². The molecule has 0 amide bonds. The first-order chi connectivity index (χ1) is 16.0. The maximum Gasteiger partial charge on any atom is 0.198 e. The zero-order chi connectivity index (χ0) is 24.9. The molecule has 0 aliphatic carbocycles. The summed E-state index contributed by atoms with van der Waals surface area (Å²) in [5.74, 6) is 1.82. The minimum Gasteiger partial charge on any atom is -0.489 e. The molecule has 1 saturated heterocycles. The molecule has 1 fully saturated rings. The van der Waals surface area contributed by atoms with Crippen LogP contribution in [0.5, 0.6) is 5.75 Å². The van der Waals surface area contributed by atoms with Crippen LogP contribution in [0.4, 0.5) is 5.69 Å². The van der Waals surface area contributed by atoms with Crippen LogP contribution in [-0.2, 0) is 16.4 Å². The van der Waals surface area contributed by atoms with E-state index < -0.39 is 9.84 Å². The van der Waals surface area contributed by atoms with Gasteiger partial charge in [0.05, 0.1) is 4.90 Å². The van der Waals surface area contributed by atoms with E-state index in [0.717, 1.165) is 30.8 Å². The van der Waals surface area contributed by atoms with Gasteiger partial charge in [0.2, 0.25) is 0 Å². The highest BCUT2D eigenvalue weighted by molar-refractivity contribution is 7.90. The van der Waals surface area contributed by atoms with Crippen LogP contribution < -0.4 is 15.4 Å². The molecule has 1 atom stereocenters. The number of ether oxygens (including phenoxy) is 1. The molecule has 2 aromatic rings. The summed E-state index contributed by atoms with van der Waals surface area (Å²) in [7, 11) is -3.21. The summed E-state index contributed by atoms with van der Waals surface area (Å²) in [6.45, 7) is 9.83. The second kappa shape index (κ2) is 10.8. The second-order valence-corrected chi connectivity index (χ2v) is 12.2. The summed E-state index contributed by atoms with van der Waals surface area (Å²) in [6, 6.07) is 14.5. The van der Waals surface area contributed by atoms with Gasteiger partial charge in [-0.25, -0.2) is 8.42 Å². The molecule has 3 rings (SSSR count). The van der Waals surface area contributed by atoms with Gasteiger partial charge in [-0.3, -0.25) is 5.41 Å². The van der Waals surface area contributed by atoms with Gasteiger partial charge >= 0.3 is 0 Å². The van der Waals surface area contributed by atoms with Gasteiger partial charge in [0, 0.05) is 31.6 Å². The van der Waals surface area contributed by atoms with Crippen LogP contribution in [0.2, 0.25) is 0 Å². The van der Waals surface area contributed by atoms with E-state index in [-0.39, 0.29) is 5.41 Å². The molecule has 0 radical (unpaired) electrons. The van der Waals surface area contributed by atoms with Crippen molar-refractivity contribution in [3.63, 3.8) is 0 Å². The Morgan fingerprint density at radius 1 is 1.18 bits per heavy atom. The molecule has 0 aromatic heterocycles. The number of rotatable bonds is 8. The molecule has 3 N–H and O–H groups in total. The van der Waals surface area contributed by atoms with E-state index in [0.29, 0.717) is 42.2 Å². The van der Waals surface area contributed by atoms with Gasteiger partial charge < -0.3 is 20.3 Å². The number of nitrogens with zero attached hydrogens (tertiary/aromatic N) is 2. The number of hydrogen-bond acceptors (Lipinski definition) is 5. The third kappa shape index (κ3) is 6.96. The molecule has 34 heavy (non-hydrogen) atoms. The van der Waals surface area contributed by atoms with Gasteiger partial charge in [0.1, 0.15) is 12.4 Å². The number of hydrogen-bond donors (Lipinski definition) is 2. The number of piperidine rings is 1. The standard InChI is InChI=1S/C26H38N4O3S/c1-20-6-5-15-29(16-20)25(28)30(19-26(2,3)18-27)22-9-11-23(12-10-22)33-17-21-7-13-24(14-8-21)34(4,31)32/h7-14,20,28H,5-6,15-19,27H2,1-4H3. The lowest BCUT2D eigenvalue weighted by Crippen LogP contribution is -2.51. The molecule has 0 saturated carbocycles. The van der Waals surface area contributed by atoms with Gasteiger partial charge in [-0.05, 0) is 72.7 Å². The molecule has 1 aliphatic heterocycles. The number of benzene rings is 2. The highest BCUT2D eigenvalue weighted by Crippen LogP contribution is 2.27. The monoisotopic (exact) mass is 486 g/mol. The third-order valence-corrected chi connectivity index (χ3v) is 7.38. The largest absolute Gasteiger partial charge is 0.489 e. The average molecular weight is 487 g/mol. The lowest BCUT2D eigenvalue weighted by atomic mass is 9.92. The summed E-state index contributed by atoms with van der Waals surface area (Å²) in [5, 5.41) is 8.97. The van der Waals surface area contributed by atoms with Crippen molar-refractivity contribution in [2.45, 2.75) is 45.1 Å². The molecular weight excluding hydrogens is 448 g/mol. The number of nitrogens with one attached hydrogen (secondary N) is 1. The molecule has 7 nitrogen and oxygen atoms in total. The molecule has 0 spiro atoms. The van der Waals surface area contributed by atoms with E-state index in [9.17, 15) is 8.42 Å². The van der Waals surface area contributed by atoms with E-state index in [1.54, 1.807) is 24.3 Å². The van der Waals surface area contributed by atoms with Crippen LogP contribution in [0.25, 0.3) is 0 Å². The van der Waals surface area contributed by atoms with Crippen molar-refractivity contribution in [3.05, 3.63) is 54.1 Å². The van der Waals surface area contributed by atoms with Crippen molar-refractivity contribution in [2.24, 2.45) is 17.1 Å². The Hall–Kier alpha value is -2.58. The summed E-state index contributed by atoms with van der Waals surface area (Å²) in [6.07, 6.45) is 3.51. The predicted octanol–water partition coefficient (Wildman–Crippen LogP) is 4.13. The summed E-state index contributed by atoms with van der Waals surface area (Å²) >= 11 is 0. The van der Waals surface area contributed by atoms with E-state index >= 15 is 0 Å². The Morgan fingerprint density at radius 2 is 1.82 bits per heavy atom. The van der Waals surface area contributed by atoms with Crippen LogP contribution in [0, 0.1) is 16.7 Å². The average Bonchev–Trinajstić information content (AvgIpc) is 2.81. The predicted molar refractivity (Wildman–Crippen MR) is 138 cm³/mol. The van der Waals surface area contributed by atoms with Crippen LogP contribution in [-0.4, -0.2) is 51.7 Å². The molecule has 0 bridgehead atoms. The molecule has 2 aromatic carbocycles. The molecule has 1 aliphatic rings. The minimum atomic E-state index is -3.21. The van der Waals surface area contributed by atoms with Crippen molar-refractivity contribution in [1.29, 1.82) is 5.41 Å². The Labute approximate surface area is 204 Å². The summed E-state index contributed by atoms with van der Waals surface area (Å²) < 4.78 is 29.2. The SMILES string of the molecule is CC1CCCN(C(=N)N(CC(C)(C)CN)c2ccc(OCc3ccc(S(C)(=O)=O)cc3)cc2)C1. The van der Waals surface area contributed by atoms with Crippen molar-refractivity contribution < 1.29 is 13.2 Å². The number of nitrogens with two attached hydrogens (primary N) is 1. The zero-order valence-electron chi connectivity index (χ0n) is 20.8. The van der Waals surface area contributed by atoms with Crippen molar-refractivity contribution in [2.75, 3.05) is 37.3 Å². The highest BCUT2D eigenvalue weighted by atomic mass is 32.2. The van der Waals surface area contributed by atoms with Crippen molar-refractivity contribution in [3.8, 4) is 5.75 Å². The third-order valence-electron chi connectivity index (χ3n) is 6.26. The first-order valence-electron chi connectivity index (χ1n) is 11.8. The van der Waals surface area contributed by atoms with Gasteiger partial charge in [-0.1, -0.05) is 32.9 Å². The Kier molecular flexibility index (Phi) is 8.25. The van der Waals surface area contributed by atoms with Gasteiger partial charge in [0.15, 0.2) is 15.8 Å². The fourth-order valence-electron chi connectivity index (χ4n) is 4.06. The van der Waals surface area contributed by atoms with E-state index in [2.05, 4.69) is 30.6 Å². The van der Waals surface area contributed by atoms with Gasteiger partial charge in [0.25, 0.3) is 0 Å². The molecular formula is C26H38N4O3S. The smallest absolute Gasteiger partial charge is 0.198 e. The van der Waals surface area contributed by atoms with Crippen LogP contribution in [0.1, 0.15) is 39.2 Å². The fraction of sp³-hybridized carbons (Fsp3) is 0.500. The Balaban J connectivity index is 1.71. The van der Waals surface area contributed by atoms with Crippen molar-refractivity contribution >= 4 is 21.5 Å². The number of anilines is 1. The number of likely N-dealkylation sites (tertiary alicyclic amines) is 1. The maximum absolute atomic E-state index is 11.6. The normalized spacial score (nSPS) is 16.9. The Bertz CT molecular complexity index is 1070. The van der Waals surface area contributed by atoms with Crippen molar-refractivity contribution in [1.82, 2.24) is 4.90 Å². The lowest BCUT2D eigenvalue weighted by molar-refractivity contribution is 0.265. The summed E-state index contributed by atoms with van der Waals surface area (Å²) in [4.78, 5) is 4.52. The fourth-order valence-corrected chi connectivity index (χ4v) is 4.69. The van der Waals surface area contributed by atoms with E-state index in [4.69, 9.17) is 15.9 Å². The summed E-state index contributed by atoms with van der Waals surface area (Å²) in [5.41, 5.74) is 7.72. The molecule has 8 heteroatoms. The van der Waals surface area contributed by atoms with E-state index in [1.165, 1.54) is 12.7 Å². The number of sulfone groups is 1. The van der Waals surface area contributed by atoms with E-state index in [1.807, 2.05) is 24.3 Å². The lowest BCUT2D eigenvalue weighted by Gasteiger charge is -2.40. The molecule has 1 unspecified atom stereocenters. The van der Waals surface area contributed by atoms with Crippen LogP contribution >= 0.6 is 0 Å². The first-order valence-corrected chi connectivity index (χ1v) is 13.7. The second-order valence-electron chi connectivity index (χ2n) is 10.2. The van der Waals surface area contributed by atoms with Crippen LogP contribution in [0.3, 0.4) is 0 Å².